The molecule has 8 saturated carbocycles. The molecular formula is C86H151ClN8O9. The molecule has 18 heteroatoms. The first-order valence-electron chi connectivity index (χ1n) is 41.3. The number of carboxylic acid groups (broad SMARTS) is 1. The largest absolute Gasteiger partial charge is 0.481 e. The van der Waals surface area contributed by atoms with E-state index in [0.717, 1.165) is 42.4 Å². The predicted molar refractivity (Wildman–Crippen MR) is 434 cm³/mol. The number of nitrogens with one attached hydrogen (secondary N) is 2. The first-order chi connectivity index (χ1) is 48.9. The molecular weight excluding hydrogens is 1320 g/mol. The Hall–Kier alpha value is -5.29. The van der Waals surface area contributed by atoms with Gasteiger partial charge in [-0.15, -0.1) is 12.4 Å². The van der Waals surface area contributed by atoms with Crippen LogP contribution in [0.2, 0.25) is 0 Å². The zero-order valence-electron chi connectivity index (χ0n) is 66.0. The molecule has 4 N–H and O–H groups in total. The van der Waals surface area contributed by atoms with Crippen molar-refractivity contribution in [2.24, 2.45) is 104 Å². The van der Waals surface area contributed by atoms with Crippen LogP contribution < -0.4 is 0 Å². The molecule has 4 aromatic rings. The van der Waals surface area contributed by atoms with Gasteiger partial charge in [0.2, 0.25) is 0 Å². The molecule has 0 aliphatic heterocycles. The van der Waals surface area contributed by atoms with Gasteiger partial charge in [-0.25, -0.2) is 9.97 Å². The molecule has 0 bridgehead atoms. The lowest BCUT2D eigenvalue weighted by atomic mass is 9.48. The number of aromatic amines is 2. The quantitative estimate of drug-likeness (QED) is 0.0344. The summed E-state index contributed by atoms with van der Waals surface area (Å²) in [5, 5.41) is 56.1. The highest BCUT2D eigenvalue weighted by Gasteiger charge is 2.59. The molecule has 4 atom stereocenters. The molecule has 596 valence electrons. The number of H-pyrrole nitrogens is 2. The van der Waals surface area contributed by atoms with E-state index in [1.54, 1.807) is 12.1 Å². The molecule has 0 spiro atoms. The second kappa shape index (κ2) is 35.8. The smallest absolute Gasteiger partial charge is 0.313 e. The van der Waals surface area contributed by atoms with Crippen LogP contribution in [0.25, 0.3) is 22.8 Å². The van der Waals surface area contributed by atoms with Gasteiger partial charge in [0.1, 0.15) is 30.6 Å². The first-order valence-corrected chi connectivity index (χ1v) is 41.3. The second-order valence-electron chi connectivity index (χ2n) is 37.7. The fourth-order valence-corrected chi connectivity index (χ4v) is 22.7. The summed E-state index contributed by atoms with van der Waals surface area (Å²) in [5.74, 6) is 7.62. The van der Waals surface area contributed by atoms with Crippen LogP contribution >= 0.6 is 12.4 Å². The van der Waals surface area contributed by atoms with Gasteiger partial charge in [-0.3, -0.25) is 40.0 Å². The lowest BCUT2D eigenvalue weighted by molar-refractivity contribution is -0.385. The minimum absolute atomic E-state index is 0. The Morgan fingerprint density at radius 1 is 0.423 bits per heavy atom. The minimum atomic E-state index is -1.01. The number of aliphatic hydroxyl groups is 1. The number of hydrogen-bond donors (Lipinski definition) is 4. The van der Waals surface area contributed by atoms with E-state index in [0.29, 0.717) is 75.4 Å². The summed E-state index contributed by atoms with van der Waals surface area (Å²) < 4.78 is 6.94. The van der Waals surface area contributed by atoms with Gasteiger partial charge in [-0.2, -0.15) is 10.2 Å². The van der Waals surface area contributed by atoms with Crippen LogP contribution in [-0.2, 0) is 27.2 Å². The molecule has 104 heavy (non-hydrogen) atoms. The second-order valence-corrected chi connectivity index (χ2v) is 37.7. The van der Waals surface area contributed by atoms with Crippen molar-refractivity contribution >= 4 is 35.7 Å². The maximum absolute atomic E-state index is 14.2. The van der Waals surface area contributed by atoms with Crippen molar-refractivity contribution < 1.29 is 45.8 Å². The molecule has 2 aromatic heterocycles. The molecule has 0 radical (unpaired) electrons. The molecule has 8 fully saturated rings. The maximum atomic E-state index is 14.2. The Morgan fingerprint density at radius 2 is 0.683 bits per heavy atom. The topological polar surface area (TPSA) is 253 Å². The molecule has 2 aromatic carbocycles. The average Bonchev–Trinajstić information content (AvgIpc) is 0.837. The van der Waals surface area contributed by atoms with Gasteiger partial charge in [-0.1, -0.05) is 199 Å². The number of non-ortho nitro benzene ring substituents is 2. The van der Waals surface area contributed by atoms with Crippen LogP contribution in [0.3, 0.4) is 0 Å². The highest BCUT2D eigenvalue weighted by Crippen LogP contribution is 2.63. The van der Waals surface area contributed by atoms with Crippen molar-refractivity contribution in [2.45, 2.75) is 326 Å². The number of hydrogen-bond acceptors (Lipinski definition) is 12. The van der Waals surface area contributed by atoms with E-state index >= 15 is 0 Å². The third kappa shape index (κ3) is 19.6. The van der Waals surface area contributed by atoms with Gasteiger partial charge in [-0.05, 0) is 219 Å². The zero-order chi connectivity index (χ0) is 74.1. The van der Waals surface area contributed by atoms with Gasteiger partial charge in [0.05, 0.1) is 16.0 Å². The number of aromatic nitrogens is 6. The molecule has 2 heterocycles. The molecule has 8 aliphatic carbocycles. The highest BCUT2D eigenvalue weighted by atomic mass is 35.5. The third-order valence-corrected chi connectivity index (χ3v) is 30.3. The van der Waals surface area contributed by atoms with E-state index in [9.17, 15) is 34.9 Å². The van der Waals surface area contributed by atoms with E-state index in [2.05, 4.69) is 113 Å². The normalized spacial score (nSPS) is 26.0. The van der Waals surface area contributed by atoms with Crippen LogP contribution in [0, 0.1) is 124 Å². The summed E-state index contributed by atoms with van der Waals surface area (Å²) in [5.41, 5.74) is 2.52. The summed E-state index contributed by atoms with van der Waals surface area (Å²) in [6, 6.07) is 11.9. The number of nitro benzene ring substituents is 2. The van der Waals surface area contributed by atoms with Crippen LogP contribution in [0.5, 0.6) is 0 Å². The third-order valence-electron chi connectivity index (χ3n) is 30.3. The SMILES string of the molecule is CC(C)(C1CCCCC1)C1CC(C(C)(C)C2CCCCC2)C(O)C(C(C)(C)C2CCCCC2)C1.CC(C)(C1CCCCC1)C1CC(C(C)(C)C2CCCCC2)C(OC(=O)Cc2nc(-c3ccc([N+](=O)[O-])cc3)n[nH]2)C(C(C)(C)C2CCCCC2)C1.Cl.O=C(O)Cc1nc(-c2ccc([N+](=O)[O-])cc2)n[nH]1.[HH].[HH].[HH].[HH].[HH].[HH].[HH].[HH]. The lowest BCUT2D eigenvalue weighted by Crippen LogP contribution is -2.56. The number of aliphatic hydroxyl groups excluding tert-OH is 1. The number of carboxylic acids is 1. The monoisotopic (exact) mass is 1480 g/mol. The summed E-state index contributed by atoms with van der Waals surface area (Å²) in [6.07, 6.45) is 45.4. The van der Waals surface area contributed by atoms with Crippen LogP contribution in [0.1, 0.15) is 324 Å². The number of carbonyl (C=O) groups is 2. The molecule has 4 unspecified atom stereocenters. The zero-order valence-corrected chi connectivity index (χ0v) is 66.8. The molecule has 8 aliphatic rings. The number of nitrogens with zero attached hydrogens (tertiary/aromatic N) is 6. The van der Waals surface area contributed by atoms with Crippen LogP contribution in [-0.4, -0.2) is 74.6 Å². The van der Waals surface area contributed by atoms with Crippen molar-refractivity contribution in [1.29, 1.82) is 0 Å². The number of ether oxygens (including phenoxy) is 1. The fourth-order valence-electron chi connectivity index (χ4n) is 22.7. The first kappa shape index (κ1) is 82.8. The Kier molecular flexibility index (Phi) is 28.5. The Balaban J connectivity index is 0.000000893. The van der Waals surface area contributed by atoms with Crippen LogP contribution in [0.4, 0.5) is 11.4 Å². The fraction of sp³-hybridized carbons (Fsp3) is 0.791. The Labute approximate surface area is 642 Å². The van der Waals surface area contributed by atoms with E-state index in [-0.39, 0.29) is 99.1 Å². The van der Waals surface area contributed by atoms with Gasteiger partial charge >= 0.3 is 11.9 Å². The van der Waals surface area contributed by atoms with Crippen molar-refractivity contribution in [3.63, 3.8) is 0 Å². The predicted octanol–water partition coefficient (Wildman–Crippen LogP) is 24.5. The molecule has 12 rings (SSSR count). The molecule has 0 saturated heterocycles. The number of benzene rings is 2. The molecule has 0 amide bonds. The maximum Gasteiger partial charge on any atom is 0.313 e. The van der Waals surface area contributed by atoms with E-state index < -0.39 is 15.8 Å². The number of esters is 1. The van der Waals surface area contributed by atoms with E-state index in [4.69, 9.17) is 9.84 Å². The standard InChI is InChI=1S/C43H66N4O4.C33H60O.C10H8N4O4.ClH.8H2/c1-41(2,30-16-10-7-11-17-30)33-26-35(42(3,4)31-18-12-8-13-19-31)39(36(27-33)43(5,6)32-20-14-9-15-21-32)51-38(48)28-37-44-40(46-45-37)29-22-24-34(25-23-29)47(49)50;1-31(2,24-16-10-7-11-17-24)27-22-28(32(3,4)25-18-12-8-13-19-25)30(34)29(23-27)33(5,6)26-20-14-9-15-21-26;15-9(16)5-8-11-10(13-12-8)6-1-3-7(4-2-6)14(17)18;;;;;;;;;/h22-25,30-33,35-36,39H,7-21,26-28H2,1-6H3,(H,44,45,46);24-30,34H,7-23H2,1-6H3;1-4H,5H2,(H,15,16)(H,11,12,13);9*1H. The number of aliphatic carboxylic acids is 1. The lowest BCUT2D eigenvalue weighted by Gasteiger charge is -2.59. The van der Waals surface area contributed by atoms with Crippen molar-refractivity contribution in [3.8, 4) is 22.8 Å². The van der Waals surface area contributed by atoms with Gasteiger partial charge in [0, 0.05) is 58.6 Å². The van der Waals surface area contributed by atoms with Crippen molar-refractivity contribution in [1.82, 2.24) is 30.4 Å². The van der Waals surface area contributed by atoms with Gasteiger partial charge in [0.15, 0.2) is 11.6 Å². The minimum Gasteiger partial charge on any atom is -0.481 e. The van der Waals surface area contributed by atoms with E-state index in [1.807, 2.05) is 0 Å². The van der Waals surface area contributed by atoms with Gasteiger partial charge < -0.3 is 14.9 Å². The Morgan fingerprint density at radius 3 is 0.962 bits per heavy atom. The molecule has 17 nitrogen and oxygen atoms in total. The summed E-state index contributed by atoms with van der Waals surface area (Å²) >= 11 is 0. The van der Waals surface area contributed by atoms with E-state index in [1.165, 1.54) is 242 Å². The summed E-state index contributed by atoms with van der Waals surface area (Å²) in [6.45, 7) is 30.9. The average molecular weight is 1480 g/mol. The highest BCUT2D eigenvalue weighted by molar-refractivity contribution is 5.85. The van der Waals surface area contributed by atoms with Crippen molar-refractivity contribution in [2.75, 3.05) is 0 Å². The number of carbonyl (C=O) groups excluding carboxylic acids is 1. The van der Waals surface area contributed by atoms with Gasteiger partial charge in [0.25, 0.3) is 11.4 Å². The van der Waals surface area contributed by atoms with Crippen LogP contribution in [0.15, 0.2) is 48.5 Å². The van der Waals surface area contributed by atoms with Crippen molar-refractivity contribution in [3.05, 3.63) is 80.4 Å². The number of rotatable bonds is 21. The number of nitro groups is 2. The Bertz CT molecular complexity index is 3320. The number of halogens is 1. The summed E-state index contributed by atoms with van der Waals surface area (Å²) in [7, 11) is 0. The summed E-state index contributed by atoms with van der Waals surface area (Å²) in [4.78, 5) is 54.0.